The lowest BCUT2D eigenvalue weighted by Gasteiger charge is -2.26. The molecule has 2 aromatic rings. The first kappa shape index (κ1) is 18.0. The molecule has 0 unspecified atom stereocenters. The molecule has 0 aliphatic carbocycles. The predicted molar refractivity (Wildman–Crippen MR) is 95.6 cm³/mol. The van der Waals surface area contributed by atoms with E-state index in [-0.39, 0.29) is 18.1 Å². The van der Waals surface area contributed by atoms with Crippen molar-refractivity contribution in [1.82, 2.24) is 14.9 Å². The van der Waals surface area contributed by atoms with Crippen LogP contribution < -0.4 is 10.1 Å². The lowest BCUT2D eigenvalue weighted by molar-refractivity contribution is -0.0855. The van der Waals surface area contributed by atoms with Gasteiger partial charge in [-0.2, -0.15) is 0 Å². The number of carbonyl (C=O) groups is 1. The largest absolute Gasteiger partial charge is 0.497 e. The van der Waals surface area contributed by atoms with Crippen LogP contribution in [-0.4, -0.2) is 55.0 Å². The zero-order valence-corrected chi connectivity index (χ0v) is 15.2. The number of benzene rings is 1. The van der Waals surface area contributed by atoms with Crippen LogP contribution in [0.15, 0.2) is 30.6 Å². The number of nitrogens with one attached hydrogen (secondary N) is 1. The Hall–Kier alpha value is -2.42. The third-order valence-electron chi connectivity index (χ3n) is 4.81. The van der Waals surface area contributed by atoms with Gasteiger partial charge in [-0.25, -0.2) is 4.98 Å². The Morgan fingerprint density at radius 3 is 2.89 bits per heavy atom. The van der Waals surface area contributed by atoms with Gasteiger partial charge in [0, 0.05) is 6.54 Å². The van der Waals surface area contributed by atoms with E-state index in [1.54, 1.807) is 13.4 Å². The molecule has 2 aliphatic rings. The molecule has 144 valence electrons. The molecule has 27 heavy (non-hydrogen) atoms. The maximum absolute atomic E-state index is 12.5. The molecule has 8 nitrogen and oxygen atoms in total. The highest BCUT2D eigenvalue weighted by atomic mass is 16.6. The minimum Gasteiger partial charge on any atom is -0.497 e. The summed E-state index contributed by atoms with van der Waals surface area (Å²) in [4.78, 5) is 16.8. The van der Waals surface area contributed by atoms with Crippen molar-refractivity contribution in [2.75, 3.05) is 33.5 Å². The van der Waals surface area contributed by atoms with Crippen LogP contribution in [0.3, 0.4) is 0 Å². The van der Waals surface area contributed by atoms with Crippen molar-refractivity contribution >= 4 is 5.91 Å². The summed E-state index contributed by atoms with van der Waals surface area (Å²) in [5.74, 6) is 0.591. The molecule has 4 rings (SSSR count). The van der Waals surface area contributed by atoms with Gasteiger partial charge in [0.2, 0.25) is 0 Å². The molecule has 0 radical (unpaired) electrons. The fraction of sp³-hybridized carbons (Fsp3) is 0.474. The number of aromatic nitrogens is 2. The van der Waals surface area contributed by atoms with Gasteiger partial charge in [-0.05, 0) is 17.7 Å². The number of hydrogen-bond donors (Lipinski definition) is 1. The molecule has 1 amide bonds. The van der Waals surface area contributed by atoms with Gasteiger partial charge in [-0.1, -0.05) is 12.1 Å². The number of nitrogens with zero attached hydrogens (tertiary/aromatic N) is 2. The first-order chi connectivity index (χ1) is 13.2. The molecule has 3 heterocycles. The fourth-order valence-corrected chi connectivity index (χ4v) is 3.28. The van der Waals surface area contributed by atoms with Gasteiger partial charge in [0.05, 0.1) is 58.2 Å². The van der Waals surface area contributed by atoms with Crippen molar-refractivity contribution < 1.29 is 23.7 Å². The third-order valence-corrected chi connectivity index (χ3v) is 4.81. The molecule has 0 saturated carbocycles. The Morgan fingerprint density at radius 2 is 2.15 bits per heavy atom. The molecule has 1 N–H and O–H groups in total. The van der Waals surface area contributed by atoms with Crippen LogP contribution in [0.2, 0.25) is 0 Å². The summed E-state index contributed by atoms with van der Waals surface area (Å²) in [7, 11) is 1.64. The van der Waals surface area contributed by atoms with Gasteiger partial charge in [-0.15, -0.1) is 0 Å². The molecule has 2 atom stereocenters. The van der Waals surface area contributed by atoms with Crippen molar-refractivity contribution in [3.05, 3.63) is 47.5 Å². The van der Waals surface area contributed by atoms with Crippen LogP contribution in [0, 0.1) is 0 Å². The minimum atomic E-state index is -0.218. The summed E-state index contributed by atoms with van der Waals surface area (Å²) >= 11 is 0. The predicted octanol–water partition coefficient (Wildman–Crippen LogP) is 1.31. The van der Waals surface area contributed by atoms with Gasteiger partial charge in [0.1, 0.15) is 11.9 Å². The molecule has 2 aliphatic heterocycles. The van der Waals surface area contributed by atoms with Crippen molar-refractivity contribution in [2.24, 2.45) is 0 Å². The maximum atomic E-state index is 12.5. The average Bonchev–Trinajstić information content (AvgIpc) is 3.16. The molecular formula is C19H23N3O5. The number of hydrogen-bond acceptors (Lipinski definition) is 6. The summed E-state index contributed by atoms with van der Waals surface area (Å²) in [6.07, 6.45) is 1.50. The second kappa shape index (κ2) is 8.08. The lowest BCUT2D eigenvalue weighted by atomic mass is 10.1. The van der Waals surface area contributed by atoms with Crippen LogP contribution in [0.5, 0.6) is 5.75 Å². The van der Waals surface area contributed by atoms with Crippen LogP contribution in [-0.2, 0) is 27.4 Å². The smallest absolute Gasteiger partial charge is 0.271 e. The Morgan fingerprint density at radius 1 is 1.30 bits per heavy atom. The fourth-order valence-electron chi connectivity index (χ4n) is 3.28. The van der Waals surface area contributed by atoms with Gasteiger partial charge in [0.15, 0.2) is 5.69 Å². The van der Waals surface area contributed by atoms with E-state index in [1.807, 2.05) is 28.8 Å². The van der Waals surface area contributed by atoms with E-state index in [0.717, 1.165) is 17.0 Å². The van der Waals surface area contributed by atoms with Crippen LogP contribution in [0.1, 0.15) is 27.8 Å². The maximum Gasteiger partial charge on any atom is 0.271 e. The number of rotatable bonds is 5. The van der Waals surface area contributed by atoms with Crippen LogP contribution in [0.4, 0.5) is 0 Å². The second-order valence-electron chi connectivity index (χ2n) is 6.54. The highest BCUT2D eigenvalue weighted by Crippen LogP contribution is 2.28. The molecule has 1 fully saturated rings. The molecule has 1 aromatic carbocycles. The van der Waals surface area contributed by atoms with Crippen molar-refractivity contribution in [3.63, 3.8) is 0 Å². The van der Waals surface area contributed by atoms with E-state index in [4.69, 9.17) is 18.9 Å². The van der Waals surface area contributed by atoms with Crippen molar-refractivity contribution in [3.8, 4) is 5.75 Å². The van der Waals surface area contributed by atoms with E-state index < -0.39 is 0 Å². The van der Waals surface area contributed by atoms with E-state index >= 15 is 0 Å². The summed E-state index contributed by atoms with van der Waals surface area (Å²) < 4.78 is 24.0. The summed E-state index contributed by atoms with van der Waals surface area (Å²) in [5, 5.41) is 2.87. The molecule has 1 saturated heterocycles. The first-order valence-electron chi connectivity index (χ1n) is 9.01. The number of fused-ring (bicyclic) bond motifs is 1. The Balaban J connectivity index is 1.39. The van der Waals surface area contributed by atoms with Gasteiger partial charge >= 0.3 is 0 Å². The number of imidazole rings is 1. The van der Waals surface area contributed by atoms with E-state index in [2.05, 4.69) is 10.3 Å². The third kappa shape index (κ3) is 3.97. The summed E-state index contributed by atoms with van der Waals surface area (Å²) in [6.45, 7) is 3.01. The first-order valence-corrected chi connectivity index (χ1v) is 9.01. The Labute approximate surface area is 157 Å². The number of ether oxygens (including phenoxy) is 4. The monoisotopic (exact) mass is 373 g/mol. The lowest BCUT2D eigenvalue weighted by Crippen LogP contribution is -2.40. The molecular weight excluding hydrogens is 350 g/mol. The Kier molecular flexibility index (Phi) is 5.38. The summed E-state index contributed by atoms with van der Waals surface area (Å²) in [5.41, 5.74) is 2.26. The van der Waals surface area contributed by atoms with E-state index in [1.165, 1.54) is 0 Å². The second-order valence-corrected chi connectivity index (χ2v) is 6.54. The van der Waals surface area contributed by atoms with Gasteiger partial charge in [0.25, 0.3) is 5.91 Å². The highest BCUT2D eigenvalue weighted by molar-refractivity contribution is 5.93. The Bertz CT molecular complexity index is 783. The molecule has 8 heteroatoms. The van der Waals surface area contributed by atoms with Gasteiger partial charge in [-0.3, -0.25) is 4.79 Å². The van der Waals surface area contributed by atoms with Gasteiger partial charge < -0.3 is 28.8 Å². The van der Waals surface area contributed by atoms with E-state index in [9.17, 15) is 4.79 Å². The quantitative estimate of drug-likeness (QED) is 0.851. The molecule has 0 spiro atoms. The normalized spacial score (nSPS) is 22.1. The molecule has 1 aromatic heterocycles. The summed E-state index contributed by atoms with van der Waals surface area (Å²) in [6, 6.07) is 7.81. The zero-order chi connectivity index (χ0) is 18.6. The highest BCUT2D eigenvalue weighted by Gasteiger charge is 2.27. The topological polar surface area (TPSA) is 83.8 Å². The number of amides is 1. The average molecular weight is 373 g/mol. The number of methoxy groups -OCH3 is 1. The van der Waals surface area contributed by atoms with E-state index in [0.29, 0.717) is 45.2 Å². The SMILES string of the molecule is COc1ccc([C@H]2Cn3cnc(C(=O)NC[C@@H]4COCCO4)c3CO2)cc1. The van der Waals surface area contributed by atoms with Crippen LogP contribution >= 0.6 is 0 Å². The standard InChI is InChI=1S/C19H23N3O5/c1-24-14-4-2-13(3-5-14)17-9-22-12-21-18(16(22)11-27-17)19(23)20-8-15-10-25-6-7-26-15/h2-5,12,15,17H,6-11H2,1H3,(H,20,23)/t15-,17-/m1/s1. The molecule has 0 bridgehead atoms. The zero-order valence-electron chi connectivity index (χ0n) is 15.2. The van der Waals surface area contributed by atoms with Crippen molar-refractivity contribution in [2.45, 2.75) is 25.4 Å². The van der Waals surface area contributed by atoms with Crippen LogP contribution in [0.25, 0.3) is 0 Å². The van der Waals surface area contributed by atoms with Crippen molar-refractivity contribution in [1.29, 1.82) is 0 Å². The minimum absolute atomic E-state index is 0.0821. The number of carbonyl (C=O) groups excluding carboxylic acids is 1.